The molecule has 0 atom stereocenters. The number of nitro benzene ring substituents is 1. The van der Waals surface area contributed by atoms with Crippen LogP contribution in [-0.2, 0) is 11.3 Å². The van der Waals surface area contributed by atoms with E-state index in [0.29, 0.717) is 33.8 Å². The van der Waals surface area contributed by atoms with E-state index in [9.17, 15) is 20.0 Å². The first-order valence-corrected chi connectivity index (χ1v) is 15.5. The molecule has 0 bridgehead atoms. The number of hydrogen-bond donors (Lipinski definition) is 1. The first-order chi connectivity index (χ1) is 22.3. The van der Waals surface area contributed by atoms with Crippen molar-refractivity contribution in [3.63, 3.8) is 0 Å². The molecular weight excluding hydrogens is 622 g/mol. The Bertz CT molecular complexity index is 2060. The van der Waals surface area contributed by atoms with E-state index in [1.807, 2.05) is 94.9 Å². The van der Waals surface area contributed by atoms with Gasteiger partial charge in [-0.2, -0.15) is 0 Å². The molecule has 2 aromatic heterocycles. The predicted molar refractivity (Wildman–Crippen MR) is 181 cm³/mol. The molecule has 0 aliphatic carbocycles. The Labute approximate surface area is 273 Å². The van der Waals surface area contributed by atoms with Gasteiger partial charge in [-0.25, -0.2) is 4.79 Å². The maximum Gasteiger partial charge on any atom is 0.342 e. The fraction of sp³-hybridized carbons (Fsp3) is 0.0571. The molecule has 0 aliphatic rings. The van der Waals surface area contributed by atoms with Gasteiger partial charge < -0.3 is 14.2 Å². The molecule has 9 nitrogen and oxygen atoms in total. The zero-order valence-corrected chi connectivity index (χ0v) is 26.0. The molecule has 0 aliphatic heterocycles. The summed E-state index contributed by atoms with van der Waals surface area (Å²) >= 11 is 7.10. The molecule has 46 heavy (non-hydrogen) atoms. The minimum Gasteiger partial charge on any atom is -0.477 e. The van der Waals surface area contributed by atoms with Gasteiger partial charge in [0.25, 0.3) is 5.69 Å². The lowest BCUT2D eigenvalue weighted by Gasteiger charge is -2.15. The highest BCUT2D eigenvalue weighted by molar-refractivity contribution is 8.04. The number of non-ortho nitro benzene ring substituents is 1. The van der Waals surface area contributed by atoms with E-state index in [4.69, 9.17) is 11.6 Å². The first-order valence-electron chi connectivity index (χ1n) is 14.3. The van der Waals surface area contributed by atoms with E-state index >= 15 is 0 Å². The van der Waals surface area contributed by atoms with Crippen LogP contribution in [0.2, 0.25) is 5.02 Å². The van der Waals surface area contributed by atoms with E-state index < -0.39 is 10.9 Å². The van der Waals surface area contributed by atoms with Crippen LogP contribution in [0, 0.1) is 10.1 Å². The topological polar surface area (TPSA) is 116 Å². The number of nitro groups is 1. The Hall–Kier alpha value is -5.45. The second kappa shape index (κ2) is 13.3. The van der Waals surface area contributed by atoms with Crippen molar-refractivity contribution in [3.05, 3.63) is 141 Å². The van der Waals surface area contributed by atoms with E-state index in [0.717, 1.165) is 39.8 Å². The van der Waals surface area contributed by atoms with Crippen LogP contribution in [0.5, 0.6) is 0 Å². The molecule has 6 rings (SSSR count). The number of aliphatic carboxylic acids is 1. The summed E-state index contributed by atoms with van der Waals surface area (Å²) in [5.74, 6) is -0.515. The molecule has 6 aromatic rings. The lowest BCUT2D eigenvalue weighted by Crippen LogP contribution is -2.03. The summed E-state index contributed by atoms with van der Waals surface area (Å²) in [7, 11) is 0. The fourth-order valence-corrected chi connectivity index (χ4v) is 6.18. The second-order valence-electron chi connectivity index (χ2n) is 10.1. The van der Waals surface area contributed by atoms with Crippen LogP contribution in [0.25, 0.3) is 45.7 Å². The van der Waals surface area contributed by atoms with E-state index in [2.05, 4.69) is 10.2 Å². The Morgan fingerprint density at radius 3 is 2.11 bits per heavy atom. The average Bonchev–Trinajstić information content (AvgIpc) is 3.67. The summed E-state index contributed by atoms with van der Waals surface area (Å²) in [6.45, 7) is 2.46. The highest BCUT2D eigenvalue weighted by Crippen LogP contribution is 2.39. The largest absolute Gasteiger partial charge is 0.477 e. The Morgan fingerprint density at radius 1 is 0.891 bits per heavy atom. The molecule has 0 saturated carbocycles. The number of carboxylic acids is 1. The third kappa shape index (κ3) is 6.21. The number of benzene rings is 4. The van der Waals surface area contributed by atoms with Crippen molar-refractivity contribution in [3.8, 4) is 39.6 Å². The minimum absolute atomic E-state index is 0.0267. The molecule has 0 fully saturated rings. The Kier molecular flexibility index (Phi) is 8.82. The van der Waals surface area contributed by atoms with Gasteiger partial charge >= 0.3 is 5.97 Å². The second-order valence-corrected chi connectivity index (χ2v) is 11.6. The molecule has 0 unspecified atom stereocenters. The van der Waals surface area contributed by atoms with Gasteiger partial charge in [-0.05, 0) is 78.4 Å². The average molecular weight is 648 g/mol. The van der Waals surface area contributed by atoms with E-state index in [1.54, 1.807) is 30.3 Å². The summed E-state index contributed by atoms with van der Waals surface area (Å²) in [5, 5.41) is 31.6. The van der Waals surface area contributed by atoms with Crippen molar-refractivity contribution < 1.29 is 14.8 Å². The van der Waals surface area contributed by atoms with Crippen molar-refractivity contribution in [1.29, 1.82) is 0 Å². The van der Waals surface area contributed by atoms with Crippen LogP contribution < -0.4 is 0 Å². The molecule has 2 heterocycles. The van der Waals surface area contributed by atoms with Crippen molar-refractivity contribution in [2.24, 2.45) is 0 Å². The third-order valence-corrected chi connectivity index (χ3v) is 8.55. The Balaban J connectivity index is 1.54. The van der Waals surface area contributed by atoms with Gasteiger partial charge in [0, 0.05) is 40.5 Å². The third-order valence-electron chi connectivity index (χ3n) is 7.30. The van der Waals surface area contributed by atoms with Gasteiger partial charge in [-0.1, -0.05) is 72.3 Å². The molecule has 0 saturated heterocycles. The molecule has 0 radical (unpaired) electrons. The smallest absolute Gasteiger partial charge is 0.342 e. The number of aromatic nitrogens is 4. The van der Waals surface area contributed by atoms with Gasteiger partial charge in [-0.15, -0.1) is 10.2 Å². The molecule has 0 amide bonds. The number of carbonyl (C=O) groups is 1. The zero-order chi connectivity index (χ0) is 32.2. The summed E-state index contributed by atoms with van der Waals surface area (Å²) in [4.78, 5) is 23.8. The van der Waals surface area contributed by atoms with Crippen LogP contribution in [0.15, 0.2) is 125 Å². The molecular formula is C35H26ClN5O4S. The number of halogens is 1. The monoisotopic (exact) mass is 647 g/mol. The van der Waals surface area contributed by atoms with Gasteiger partial charge in [0.1, 0.15) is 4.91 Å². The normalized spacial score (nSPS) is 11.5. The highest BCUT2D eigenvalue weighted by Gasteiger charge is 2.23. The maximum absolute atomic E-state index is 12.8. The molecule has 1 N–H and O–H groups in total. The van der Waals surface area contributed by atoms with Crippen LogP contribution in [-0.4, -0.2) is 35.3 Å². The standard InChI is InChI=1S/C35H26ClN5O4S/c1-2-39-33(25-13-15-27(36)16-14-25)37-38-35(39)46-31(34(42)43)22-26-21-30(23-9-5-3-6-10-23)40(32(26)24-11-7-4-8-12-24)28-17-19-29(20-18-28)41(44)45/h3-22H,2H2,1H3,(H,42,43)/b31-22-. The number of nitrogens with zero attached hydrogens (tertiary/aromatic N) is 5. The van der Waals surface area contributed by atoms with Crippen LogP contribution >= 0.6 is 23.4 Å². The molecule has 0 spiro atoms. The van der Waals surface area contributed by atoms with E-state index in [1.165, 1.54) is 12.1 Å². The van der Waals surface area contributed by atoms with Crippen molar-refractivity contribution in [2.45, 2.75) is 18.6 Å². The number of carboxylic acid groups (broad SMARTS) is 1. The molecule has 228 valence electrons. The quantitative estimate of drug-likeness (QED) is 0.0683. The Morgan fingerprint density at radius 2 is 1.52 bits per heavy atom. The van der Waals surface area contributed by atoms with Crippen LogP contribution in [0.4, 0.5) is 5.69 Å². The van der Waals surface area contributed by atoms with Gasteiger partial charge in [0.05, 0.1) is 16.3 Å². The first kappa shape index (κ1) is 30.6. The maximum atomic E-state index is 12.8. The fourth-order valence-electron chi connectivity index (χ4n) is 5.18. The minimum atomic E-state index is -1.12. The van der Waals surface area contributed by atoms with Gasteiger partial charge in [0.2, 0.25) is 0 Å². The molecule has 4 aromatic carbocycles. The van der Waals surface area contributed by atoms with E-state index in [-0.39, 0.29) is 10.6 Å². The summed E-state index contributed by atoms with van der Waals surface area (Å²) in [6, 6.07) is 34.8. The number of hydrogen-bond acceptors (Lipinski definition) is 6. The van der Waals surface area contributed by atoms with Crippen molar-refractivity contribution >= 4 is 41.1 Å². The number of rotatable bonds is 10. The SMILES string of the molecule is CCn1c(S/C(=C\c2cc(-c3ccccc3)n(-c3ccc([N+](=O)[O-])cc3)c2-c2ccccc2)C(=O)O)nnc1-c1ccc(Cl)cc1. The lowest BCUT2D eigenvalue weighted by molar-refractivity contribution is -0.384. The van der Waals surface area contributed by atoms with Crippen LogP contribution in [0.3, 0.4) is 0 Å². The van der Waals surface area contributed by atoms with Gasteiger partial charge in [0.15, 0.2) is 11.0 Å². The highest BCUT2D eigenvalue weighted by atomic mass is 35.5. The summed E-state index contributed by atoms with van der Waals surface area (Å²) < 4.78 is 3.86. The number of thioether (sulfide) groups is 1. The summed E-state index contributed by atoms with van der Waals surface area (Å²) in [6.07, 6.45) is 1.64. The zero-order valence-electron chi connectivity index (χ0n) is 24.4. The summed E-state index contributed by atoms with van der Waals surface area (Å²) in [5.41, 5.74) is 5.36. The van der Waals surface area contributed by atoms with Crippen molar-refractivity contribution in [2.75, 3.05) is 0 Å². The molecule has 11 heteroatoms. The predicted octanol–water partition coefficient (Wildman–Crippen LogP) is 8.87. The van der Waals surface area contributed by atoms with Gasteiger partial charge in [-0.3, -0.25) is 10.1 Å². The van der Waals surface area contributed by atoms with Crippen molar-refractivity contribution in [1.82, 2.24) is 19.3 Å². The van der Waals surface area contributed by atoms with Crippen LogP contribution in [0.1, 0.15) is 12.5 Å². The lowest BCUT2D eigenvalue weighted by atomic mass is 10.1.